The van der Waals surface area contributed by atoms with Crippen molar-refractivity contribution < 1.29 is 24.2 Å². The van der Waals surface area contributed by atoms with Gasteiger partial charge in [0.1, 0.15) is 11.1 Å². The first-order chi connectivity index (χ1) is 10.5. The lowest BCUT2D eigenvalue weighted by atomic mass is 9.86. The second kappa shape index (κ2) is 6.22. The number of rotatable bonds is 2. The van der Waals surface area contributed by atoms with Gasteiger partial charge in [0.15, 0.2) is 0 Å². The number of hydrogen-bond acceptors (Lipinski definition) is 5. The summed E-state index contributed by atoms with van der Waals surface area (Å²) in [5.74, 6) is -1.20. The zero-order chi connectivity index (χ0) is 17.4. The molecule has 2 heterocycles. The second-order valence-corrected chi connectivity index (χ2v) is 7.90. The maximum Gasteiger partial charge on any atom is 0.410 e. The van der Waals surface area contributed by atoms with E-state index in [1.165, 1.54) is 9.80 Å². The molecule has 2 fully saturated rings. The number of carboxylic acid groups (broad SMARTS) is 1. The van der Waals surface area contributed by atoms with E-state index in [4.69, 9.17) is 4.74 Å². The SMILES string of the molecule is CC(C)(C)OC(=O)N1CCC(C(=O)O)(N2CC(S)CC2=O)CC1. The largest absolute Gasteiger partial charge is 0.479 e. The van der Waals surface area contributed by atoms with Crippen LogP contribution < -0.4 is 0 Å². The molecule has 0 saturated carbocycles. The Bertz CT molecular complexity index is 508. The highest BCUT2D eigenvalue weighted by molar-refractivity contribution is 7.81. The molecule has 1 unspecified atom stereocenters. The fourth-order valence-electron chi connectivity index (χ4n) is 3.09. The molecule has 8 heteroatoms. The summed E-state index contributed by atoms with van der Waals surface area (Å²) in [6.07, 6.45) is 0.214. The van der Waals surface area contributed by atoms with Crippen molar-refractivity contribution >= 4 is 30.6 Å². The van der Waals surface area contributed by atoms with Crippen molar-refractivity contribution in [2.24, 2.45) is 0 Å². The van der Waals surface area contributed by atoms with Gasteiger partial charge in [-0.1, -0.05) is 0 Å². The minimum absolute atomic E-state index is 0.136. The molecule has 7 nitrogen and oxygen atoms in total. The predicted octanol–water partition coefficient (Wildman–Crippen LogP) is 1.37. The Morgan fingerprint density at radius 3 is 2.26 bits per heavy atom. The summed E-state index contributed by atoms with van der Waals surface area (Å²) in [4.78, 5) is 39.0. The van der Waals surface area contributed by atoms with Crippen LogP contribution in [0, 0.1) is 0 Å². The Kier molecular flexibility index (Phi) is 4.84. The summed E-state index contributed by atoms with van der Waals surface area (Å²) in [6.45, 7) is 6.19. The van der Waals surface area contributed by atoms with Crippen LogP contribution in [0.15, 0.2) is 0 Å². The minimum atomic E-state index is -1.24. The van der Waals surface area contributed by atoms with Gasteiger partial charge < -0.3 is 19.6 Å². The first kappa shape index (κ1) is 17.9. The molecule has 2 aliphatic heterocycles. The molecule has 0 aliphatic carbocycles. The molecule has 1 N–H and O–H groups in total. The number of amides is 2. The number of carbonyl (C=O) groups excluding carboxylic acids is 2. The van der Waals surface area contributed by atoms with Crippen molar-refractivity contribution in [3.63, 3.8) is 0 Å². The standard InChI is InChI=1S/C15H24N2O5S/c1-14(2,3)22-13(21)16-6-4-15(5-7-16,12(19)20)17-9-10(23)8-11(17)18/h10,23H,4-9H2,1-3H3,(H,19,20). The van der Waals surface area contributed by atoms with Gasteiger partial charge in [0.25, 0.3) is 0 Å². The van der Waals surface area contributed by atoms with Gasteiger partial charge in [0, 0.05) is 31.3 Å². The van der Waals surface area contributed by atoms with Gasteiger partial charge in [-0.2, -0.15) is 12.6 Å². The van der Waals surface area contributed by atoms with Crippen molar-refractivity contribution in [1.29, 1.82) is 0 Å². The molecule has 0 aromatic rings. The second-order valence-electron chi connectivity index (χ2n) is 7.17. The van der Waals surface area contributed by atoms with Crippen molar-refractivity contribution in [1.82, 2.24) is 9.80 Å². The molecule has 0 bridgehead atoms. The van der Waals surface area contributed by atoms with Crippen LogP contribution in [-0.4, -0.2) is 68.9 Å². The van der Waals surface area contributed by atoms with E-state index >= 15 is 0 Å². The zero-order valence-corrected chi connectivity index (χ0v) is 14.6. The molecule has 1 atom stereocenters. The maximum atomic E-state index is 12.1. The van der Waals surface area contributed by atoms with Gasteiger partial charge in [-0.3, -0.25) is 4.79 Å². The molecule has 2 saturated heterocycles. The van der Waals surface area contributed by atoms with E-state index in [0.717, 1.165) is 0 Å². The van der Waals surface area contributed by atoms with E-state index in [9.17, 15) is 19.5 Å². The third kappa shape index (κ3) is 3.73. The highest BCUT2D eigenvalue weighted by Crippen LogP contribution is 2.34. The molecule has 0 radical (unpaired) electrons. The Labute approximate surface area is 141 Å². The molecule has 23 heavy (non-hydrogen) atoms. The molecule has 2 aliphatic rings. The molecule has 0 spiro atoms. The van der Waals surface area contributed by atoms with Gasteiger partial charge in [-0.25, -0.2) is 9.59 Å². The summed E-state index contributed by atoms with van der Waals surface area (Å²) in [5.41, 5.74) is -1.84. The van der Waals surface area contributed by atoms with Crippen LogP contribution in [0.1, 0.15) is 40.0 Å². The molecule has 130 valence electrons. The molecular weight excluding hydrogens is 320 g/mol. The van der Waals surface area contributed by atoms with Crippen LogP contribution >= 0.6 is 12.6 Å². The maximum absolute atomic E-state index is 12.1. The number of ether oxygens (including phenoxy) is 1. The van der Waals surface area contributed by atoms with Crippen molar-refractivity contribution in [2.45, 2.75) is 56.4 Å². The van der Waals surface area contributed by atoms with Crippen LogP contribution in [0.25, 0.3) is 0 Å². The normalized spacial score (nSPS) is 24.7. The number of piperidine rings is 1. The van der Waals surface area contributed by atoms with Crippen LogP contribution in [0.5, 0.6) is 0 Å². The monoisotopic (exact) mass is 344 g/mol. The van der Waals surface area contributed by atoms with Crippen LogP contribution in [0.3, 0.4) is 0 Å². The Morgan fingerprint density at radius 1 is 1.30 bits per heavy atom. The van der Waals surface area contributed by atoms with Crippen molar-refractivity contribution in [2.75, 3.05) is 19.6 Å². The lowest BCUT2D eigenvalue weighted by molar-refractivity contribution is -0.160. The average molecular weight is 344 g/mol. The summed E-state index contributed by atoms with van der Waals surface area (Å²) >= 11 is 4.29. The highest BCUT2D eigenvalue weighted by atomic mass is 32.1. The third-order valence-electron chi connectivity index (χ3n) is 4.26. The van der Waals surface area contributed by atoms with Crippen molar-refractivity contribution in [3.05, 3.63) is 0 Å². The van der Waals surface area contributed by atoms with Gasteiger partial charge in [0.05, 0.1) is 0 Å². The van der Waals surface area contributed by atoms with E-state index in [1.54, 1.807) is 20.8 Å². The van der Waals surface area contributed by atoms with Crippen LogP contribution in [-0.2, 0) is 14.3 Å². The lowest BCUT2D eigenvalue weighted by Crippen LogP contribution is -2.61. The van der Waals surface area contributed by atoms with E-state index in [1.807, 2.05) is 0 Å². The van der Waals surface area contributed by atoms with E-state index in [0.29, 0.717) is 6.54 Å². The first-order valence-corrected chi connectivity index (χ1v) is 8.27. The smallest absolute Gasteiger partial charge is 0.410 e. The van der Waals surface area contributed by atoms with Gasteiger partial charge in [-0.05, 0) is 33.6 Å². The van der Waals surface area contributed by atoms with E-state index in [-0.39, 0.29) is 43.5 Å². The van der Waals surface area contributed by atoms with Crippen LogP contribution in [0.4, 0.5) is 4.79 Å². The molecule has 2 rings (SSSR count). The lowest BCUT2D eigenvalue weighted by Gasteiger charge is -2.44. The summed E-state index contributed by atoms with van der Waals surface area (Å²) in [7, 11) is 0. The Morgan fingerprint density at radius 2 is 1.87 bits per heavy atom. The minimum Gasteiger partial charge on any atom is -0.479 e. The Hall–Kier alpha value is -1.44. The molecule has 2 amide bonds. The number of thiol groups is 1. The topological polar surface area (TPSA) is 87.2 Å². The van der Waals surface area contributed by atoms with Gasteiger partial charge in [0.2, 0.25) is 5.91 Å². The predicted molar refractivity (Wildman–Crippen MR) is 86.5 cm³/mol. The van der Waals surface area contributed by atoms with Crippen LogP contribution in [0.2, 0.25) is 0 Å². The quantitative estimate of drug-likeness (QED) is 0.739. The Balaban J connectivity index is 2.08. The number of nitrogens with zero attached hydrogens (tertiary/aromatic N) is 2. The molecule has 0 aromatic carbocycles. The van der Waals surface area contributed by atoms with Gasteiger partial charge >= 0.3 is 12.1 Å². The summed E-state index contributed by atoms with van der Waals surface area (Å²) in [5, 5.41) is 9.57. The third-order valence-corrected chi connectivity index (χ3v) is 4.61. The number of likely N-dealkylation sites (tertiary alicyclic amines) is 2. The summed E-state index contributed by atoms with van der Waals surface area (Å²) < 4.78 is 5.32. The first-order valence-electron chi connectivity index (χ1n) is 7.75. The van der Waals surface area contributed by atoms with E-state index < -0.39 is 23.2 Å². The number of carbonyl (C=O) groups is 3. The number of carboxylic acids is 1. The number of hydrogen-bond donors (Lipinski definition) is 2. The molecule has 0 aromatic heterocycles. The molecular formula is C15H24N2O5S. The summed E-state index contributed by atoms with van der Waals surface area (Å²) in [6, 6.07) is 0. The zero-order valence-electron chi connectivity index (χ0n) is 13.7. The number of aliphatic carboxylic acids is 1. The fourth-order valence-corrected chi connectivity index (χ4v) is 3.41. The van der Waals surface area contributed by atoms with Gasteiger partial charge in [-0.15, -0.1) is 0 Å². The fraction of sp³-hybridized carbons (Fsp3) is 0.800. The highest BCUT2D eigenvalue weighted by Gasteiger charge is 2.51. The van der Waals surface area contributed by atoms with Crippen molar-refractivity contribution in [3.8, 4) is 0 Å². The average Bonchev–Trinajstić information content (AvgIpc) is 2.76. The van der Waals surface area contributed by atoms with E-state index in [2.05, 4.69) is 12.6 Å².